The van der Waals surface area contributed by atoms with Crippen LogP contribution in [0, 0.1) is 0 Å². The van der Waals surface area contributed by atoms with Gasteiger partial charge in [-0.2, -0.15) is 0 Å². The molecular weight excluding hydrogens is 384 g/mol. The van der Waals surface area contributed by atoms with Crippen molar-refractivity contribution in [2.24, 2.45) is 0 Å². The molecule has 1 atom stereocenters. The van der Waals surface area contributed by atoms with Crippen LogP contribution < -0.4 is 0 Å². The van der Waals surface area contributed by atoms with Crippen LogP contribution in [-0.4, -0.2) is 45.3 Å². The monoisotopic (exact) mass is 410 g/mol. The zero-order chi connectivity index (χ0) is 21.2. The number of piperazine rings is 1. The SMILES string of the molecule is CC(=O)N1CCN(Cc2ccccc2)CC1c1ncc(-c2ccc3ccccc3c2)[nH]1. The number of nitrogens with one attached hydrogen (secondary N) is 1. The van der Waals surface area contributed by atoms with Gasteiger partial charge >= 0.3 is 0 Å². The van der Waals surface area contributed by atoms with Gasteiger partial charge in [0.1, 0.15) is 11.9 Å². The number of aromatic nitrogens is 2. The first-order valence-electron chi connectivity index (χ1n) is 10.7. The van der Waals surface area contributed by atoms with E-state index < -0.39 is 0 Å². The molecule has 5 rings (SSSR count). The number of rotatable bonds is 4. The summed E-state index contributed by atoms with van der Waals surface area (Å²) < 4.78 is 0. The normalized spacial score (nSPS) is 17.2. The highest BCUT2D eigenvalue weighted by molar-refractivity contribution is 5.86. The van der Waals surface area contributed by atoms with Crippen LogP contribution in [0.3, 0.4) is 0 Å². The molecule has 31 heavy (non-hydrogen) atoms. The molecule has 0 aliphatic carbocycles. The van der Waals surface area contributed by atoms with E-state index in [-0.39, 0.29) is 11.9 Å². The number of imidazole rings is 1. The molecule has 0 radical (unpaired) electrons. The molecule has 1 fully saturated rings. The van der Waals surface area contributed by atoms with Gasteiger partial charge in [0.15, 0.2) is 0 Å². The second kappa shape index (κ2) is 8.36. The Morgan fingerprint density at radius 1 is 1.00 bits per heavy atom. The number of hydrogen-bond donors (Lipinski definition) is 1. The van der Waals surface area contributed by atoms with Crippen LogP contribution in [0.15, 0.2) is 79.0 Å². The standard InChI is InChI=1S/C26H26N4O/c1-19(31)30-14-13-29(17-20-7-3-2-4-8-20)18-25(30)26-27-16-24(28-26)23-12-11-21-9-5-6-10-22(21)15-23/h2-12,15-16,25H,13-14,17-18H2,1H3,(H,27,28). The lowest BCUT2D eigenvalue weighted by molar-refractivity contribution is -0.134. The first kappa shape index (κ1) is 19.5. The summed E-state index contributed by atoms with van der Waals surface area (Å²) in [5, 5.41) is 2.42. The van der Waals surface area contributed by atoms with Crippen molar-refractivity contribution in [3.8, 4) is 11.3 Å². The molecule has 1 amide bonds. The lowest BCUT2D eigenvalue weighted by Gasteiger charge is -2.40. The van der Waals surface area contributed by atoms with Crippen molar-refractivity contribution in [2.45, 2.75) is 19.5 Å². The Bertz CT molecular complexity index is 1200. The average molecular weight is 411 g/mol. The third kappa shape index (κ3) is 4.09. The third-order valence-corrected chi connectivity index (χ3v) is 6.09. The van der Waals surface area contributed by atoms with Gasteiger partial charge in [-0.25, -0.2) is 4.98 Å². The molecule has 0 bridgehead atoms. The summed E-state index contributed by atoms with van der Waals surface area (Å²) in [5.74, 6) is 0.934. The number of fused-ring (bicyclic) bond motifs is 1. The maximum atomic E-state index is 12.3. The van der Waals surface area contributed by atoms with Crippen LogP contribution in [0.4, 0.5) is 0 Å². The van der Waals surface area contributed by atoms with Crippen LogP contribution in [0.1, 0.15) is 24.4 Å². The van der Waals surface area contributed by atoms with Gasteiger partial charge in [-0.1, -0.05) is 66.7 Å². The maximum Gasteiger partial charge on any atom is 0.220 e. The Hall–Kier alpha value is -3.44. The minimum absolute atomic E-state index is 0.0795. The summed E-state index contributed by atoms with van der Waals surface area (Å²) in [7, 11) is 0. The van der Waals surface area contributed by atoms with Crippen molar-refractivity contribution in [2.75, 3.05) is 19.6 Å². The van der Waals surface area contributed by atoms with E-state index in [0.717, 1.165) is 36.7 Å². The van der Waals surface area contributed by atoms with Gasteiger partial charge in [0.05, 0.1) is 11.9 Å². The molecule has 1 aromatic heterocycles. The number of carbonyl (C=O) groups excluding carboxylic acids is 1. The second-order valence-electron chi connectivity index (χ2n) is 8.19. The summed E-state index contributed by atoms with van der Waals surface area (Å²) in [6.07, 6.45) is 1.88. The molecule has 5 nitrogen and oxygen atoms in total. The molecule has 1 N–H and O–H groups in total. The predicted molar refractivity (Wildman–Crippen MR) is 123 cm³/mol. The number of carbonyl (C=O) groups is 1. The van der Waals surface area contributed by atoms with Gasteiger partial charge in [-0.15, -0.1) is 0 Å². The van der Waals surface area contributed by atoms with Crippen LogP contribution in [0.5, 0.6) is 0 Å². The molecule has 1 aliphatic rings. The Balaban J connectivity index is 1.41. The summed E-state index contributed by atoms with van der Waals surface area (Å²) in [5.41, 5.74) is 3.36. The summed E-state index contributed by atoms with van der Waals surface area (Å²) in [6, 6.07) is 25.2. The molecule has 1 unspecified atom stereocenters. The highest BCUT2D eigenvalue weighted by Gasteiger charge is 2.32. The Morgan fingerprint density at radius 2 is 1.77 bits per heavy atom. The third-order valence-electron chi connectivity index (χ3n) is 6.09. The summed E-state index contributed by atoms with van der Waals surface area (Å²) in [4.78, 5) is 24.9. The summed E-state index contributed by atoms with van der Waals surface area (Å²) in [6.45, 7) is 4.86. The van der Waals surface area contributed by atoms with Crippen molar-refractivity contribution < 1.29 is 4.79 Å². The number of benzene rings is 3. The van der Waals surface area contributed by atoms with Crippen molar-refractivity contribution >= 4 is 16.7 Å². The van der Waals surface area contributed by atoms with Crippen LogP contribution in [-0.2, 0) is 11.3 Å². The van der Waals surface area contributed by atoms with E-state index in [1.165, 1.54) is 16.3 Å². The zero-order valence-electron chi connectivity index (χ0n) is 17.7. The Labute approximate surface area is 182 Å². The molecule has 4 aromatic rings. The van der Waals surface area contributed by atoms with E-state index in [1.807, 2.05) is 17.2 Å². The predicted octanol–water partition coefficient (Wildman–Crippen LogP) is 4.64. The zero-order valence-corrected chi connectivity index (χ0v) is 17.7. The van der Waals surface area contributed by atoms with Gasteiger partial charge in [0.2, 0.25) is 5.91 Å². The molecule has 1 aliphatic heterocycles. The van der Waals surface area contributed by atoms with Gasteiger partial charge in [-0.3, -0.25) is 9.69 Å². The van der Waals surface area contributed by atoms with Crippen molar-refractivity contribution in [3.05, 3.63) is 90.4 Å². The minimum atomic E-state index is -0.0795. The number of aromatic amines is 1. The number of H-pyrrole nitrogens is 1. The van der Waals surface area contributed by atoms with E-state index in [9.17, 15) is 4.79 Å². The van der Waals surface area contributed by atoms with Gasteiger partial charge < -0.3 is 9.88 Å². The second-order valence-corrected chi connectivity index (χ2v) is 8.19. The smallest absolute Gasteiger partial charge is 0.220 e. The Kier molecular flexibility index (Phi) is 5.26. The first-order chi connectivity index (χ1) is 15.2. The molecular formula is C26H26N4O. The topological polar surface area (TPSA) is 52.2 Å². The number of hydrogen-bond acceptors (Lipinski definition) is 3. The van der Waals surface area contributed by atoms with E-state index in [2.05, 4.69) is 76.6 Å². The largest absolute Gasteiger partial charge is 0.340 e. The minimum Gasteiger partial charge on any atom is -0.340 e. The van der Waals surface area contributed by atoms with Crippen molar-refractivity contribution in [1.29, 1.82) is 0 Å². The maximum absolute atomic E-state index is 12.3. The van der Waals surface area contributed by atoms with E-state index in [4.69, 9.17) is 4.98 Å². The molecule has 0 saturated carbocycles. The van der Waals surface area contributed by atoms with E-state index in [1.54, 1.807) is 6.92 Å². The molecule has 156 valence electrons. The van der Waals surface area contributed by atoms with E-state index in [0.29, 0.717) is 6.54 Å². The van der Waals surface area contributed by atoms with Crippen molar-refractivity contribution in [3.63, 3.8) is 0 Å². The fraction of sp³-hybridized carbons (Fsp3) is 0.231. The summed E-state index contributed by atoms with van der Waals surface area (Å²) >= 11 is 0. The number of nitrogens with zero attached hydrogens (tertiary/aromatic N) is 3. The Morgan fingerprint density at radius 3 is 2.58 bits per heavy atom. The quantitative estimate of drug-likeness (QED) is 0.533. The highest BCUT2D eigenvalue weighted by atomic mass is 16.2. The van der Waals surface area contributed by atoms with Gasteiger partial charge in [-0.05, 0) is 22.4 Å². The van der Waals surface area contributed by atoms with Crippen molar-refractivity contribution in [1.82, 2.24) is 19.8 Å². The average Bonchev–Trinajstić information content (AvgIpc) is 3.29. The van der Waals surface area contributed by atoms with Crippen LogP contribution >= 0.6 is 0 Å². The van der Waals surface area contributed by atoms with Gasteiger partial charge in [0, 0.05) is 38.7 Å². The lowest BCUT2D eigenvalue weighted by Crippen LogP contribution is -2.50. The first-order valence-corrected chi connectivity index (χ1v) is 10.7. The molecule has 2 heterocycles. The highest BCUT2D eigenvalue weighted by Crippen LogP contribution is 2.28. The number of amides is 1. The van der Waals surface area contributed by atoms with Gasteiger partial charge in [0.25, 0.3) is 0 Å². The molecule has 3 aromatic carbocycles. The van der Waals surface area contributed by atoms with Crippen LogP contribution in [0.25, 0.3) is 22.0 Å². The molecule has 5 heteroatoms. The van der Waals surface area contributed by atoms with Crippen LogP contribution in [0.2, 0.25) is 0 Å². The lowest BCUT2D eigenvalue weighted by atomic mass is 10.1. The fourth-order valence-electron chi connectivity index (χ4n) is 4.45. The molecule has 0 spiro atoms. The molecule has 1 saturated heterocycles. The fourth-order valence-corrected chi connectivity index (χ4v) is 4.45. The van der Waals surface area contributed by atoms with E-state index >= 15 is 0 Å².